The maximum atomic E-state index is 9.05. The SMILES string of the molecule is CNc1nccnc1-c1nc2ccccc2n1CC#N. The zero-order valence-corrected chi connectivity index (χ0v) is 10.9. The number of hydrogen-bond donors (Lipinski definition) is 1. The summed E-state index contributed by atoms with van der Waals surface area (Å²) in [6.45, 7) is 0.218. The Hall–Kier alpha value is -2.94. The summed E-state index contributed by atoms with van der Waals surface area (Å²) in [4.78, 5) is 13.2. The average molecular weight is 264 g/mol. The number of nitrogens with zero attached hydrogens (tertiary/aromatic N) is 5. The van der Waals surface area contributed by atoms with E-state index in [1.54, 1.807) is 19.4 Å². The Morgan fingerprint density at radius 3 is 2.85 bits per heavy atom. The van der Waals surface area contributed by atoms with E-state index in [1.807, 2.05) is 28.8 Å². The number of aromatic nitrogens is 4. The number of nitrogens with one attached hydrogen (secondary N) is 1. The summed E-state index contributed by atoms with van der Waals surface area (Å²) in [7, 11) is 1.78. The molecule has 0 aliphatic rings. The first kappa shape index (κ1) is 12.1. The van der Waals surface area contributed by atoms with Crippen LogP contribution < -0.4 is 5.32 Å². The van der Waals surface area contributed by atoms with Gasteiger partial charge in [0.2, 0.25) is 0 Å². The normalized spacial score (nSPS) is 10.4. The van der Waals surface area contributed by atoms with Crippen molar-refractivity contribution >= 4 is 16.9 Å². The molecule has 0 radical (unpaired) electrons. The maximum Gasteiger partial charge on any atom is 0.164 e. The summed E-state index contributed by atoms with van der Waals surface area (Å²) >= 11 is 0. The van der Waals surface area contributed by atoms with Gasteiger partial charge in [-0.15, -0.1) is 0 Å². The lowest BCUT2D eigenvalue weighted by Gasteiger charge is -2.07. The minimum absolute atomic E-state index is 0.218. The van der Waals surface area contributed by atoms with Crippen LogP contribution in [-0.2, 0) is 6.54 Å². The molecule has 2 aromatic heterocycles. The van der Waals surface area contributed by atoms with Gasteiger partial charge >= 0.3 is 0 Å². The first-order valence-corrected chi connectivity index (χ1v) is 6.16. The highest BCUT2D eigenvalue weighted by Gasteiger charge is 2.16. The molecule has 3 aromatic rings. The van der Waals surface area contributed by atoms with Crippen LogP contribution in [0.4, 0.5) is 5.82 Å². The molecule has 6 nitrogen and oxygen atoms in total. The summed E-state index contributed by atoms with van der Waals surface area (Å²) in [5.74, 6) is 1.28. The van der Waals surface area contributed by atoms with Crippen LogP contribution in [0, 0.1) is 11.3 Å². The molecular formula is C14H12N6. The summed E-state index contributed by atoms with van der Waals surface area (Å²) in [5, 5.41) is 12.0. The molecule has 1 aromatic carbocycles. The van der Waals surface area contributed by atoms with Crippen LogP contribution in [0.5, 0.6) is 0 Å². The minimum atomic E-state index is 0.218. The molecule has 20 heavy (non-hydrogen) atoms. The van der Waals surface area contributed by atoms with Crippen LogP contribution in [0.15, 0.2) is 36.7 Å². The summed E-state index contributed by atoms with van der Waals surface area (Å²) in [6, 6.07) is 9.88. The number of imidazole rings is 1. The minimum Gasteiger partial charge on any atom is -0.371 e. The van der Waals surface area contributed by atoms with Gasteiger partial charge in [-0.2, -0.15) is 5.26 Å². The Balaban J connectivity index is 2.30. The Kier molecular flexibility index (Phi) is 3.01. The van der Waals surface area contributed by atoms with Crippen molar-refractivity contribution in [3.05, 3.63) is 36.7 Å². The van der Waals surface area contributed by atoms with Crippen LogP contribution in [0.25, 0.3) is 22.6 Å². The lowest BCUT2D eigenvalue weighted by molar-refractivity contribution is 0.864. The number of rotatable bonds is 3. The van der Waals surface area contributed by atoms with Gasteiger partial charge in [0.15, 0.2) is 11.6 Å². The third-order valence-electron chi connectivity index (χ3n) is 3.03. The van der Waals surface area contributed by atoms with E-state index in [9.17, 15) is 0 Å². The number of nitriles is 1. The molecule has 6 heteroatoms. The van der Waals surface area contributed by atoms with E-state index in [-0.39, 0.29) is 6.54 Å². The van der Waals surface area contributed by atoms with Gasteiger partial charge in [-0.3, -0.25) is 0 Å². The second-order valence-electron chi connectivity index (χ2n) is 4.17. The molecule has 0 atom stereocenters. The van der Waals surface area contributed by atoms with E-state index >= 15 is 0 Å². The monoisotopic (exact) mass is 264 g/mol. The number of fused-ring (bicyclic) bond motifs is 1. The molecule has 2 heterocycles. The summed E-state index contributed by atoms with van der Waals surface area (Å²) < 4.78 is 1.85. The third-order valence-corrected chi connectivity index (χ3v) is 3.03. The molecule has 0 unspecified atom stereocenters. The van der Waals surface area contributed by atoms with Crippen molar-refractivity contribution < 1.29 is 0 Å². The molecule has 0 saturated carbocycles. The van der Waals surface area contributed by atoms with E-state index in [2.05, 4.69) is 26.3 Å². The van der Waals surface area contributed by atoms with E-state index in [0.717, 1.165) is 11.0 Å². The largest absolute Gasteiger partial charge is 0.371 e. The smallest absolute Gasteiger partial charge is 0.164 e. The molecule has 3 rings (SSSR count). The molecule has 0 amide bonds. The summed E-state index contributed by atoms with van der Waals surface area (Å²) in [5.41, 5.74) is 2.39. The lowest BCUT2D eigenvalue weighted by Crippen LogP contribution is -2.04. The van der Waals surface area contributed by atoms with Gasteiger partial charge < -0.3 is 9.88 Å². The van der Waals surface area contributed by atoms with Crippen LogP contribution in [0.3, 0.4) is 0 Å². The van der Waals surface area contributed by atoms with Gasteiger partial charge in [-0.05, 0) is 12.1 Å². The first-order chi connectivity index (χ1) is 9.85. The highest BCUT2D eigenvalue weighted by Crippen LogP contribution is 2.26. The predicted molar refractivity (Wildman–Crippen MR) is 75.9 cm³/mol. The molecule has 0 aliphatic carbocycles. The van der Waals surface area contributed by atoms with Gasteiger partial charge in [0.05, 0.1) is 17.1 Å². The van der Waals surface area contributed by atoms with Gasteiger partial charge in [0, 0.05) is 19.4 Å². The van der Waals surface area contributed by atoms with E-state index in [0.29, 0.717) is 17.3 Å². The molecule has 1 N–H and O–H groups in total. The number of anilines is 1. The van der Waals surface area contributed by atoms with Crippen molar-refractivity contribution in [3.8, 4) is 17.6 Å². The second kappa shape index (κ2) is 4.97. The molecule has 98 valence electrons. The van der Waals surface area contributed by atoms with E-state index in [1.165, 1.54) is 0 Å². The topological polar surface area (TPSA) is 79.4 Å². The standard InChI is InChI=1S/C14H12N6/c1-16-13-12(17-7-8-18-13)14-19-10-4-2-3-5-11(10)20(14)9-6-15/h2-5,7-8H,9H2,1H3,(H,16,18). The van der Waals surface area contributed by atoms with Gasteiger partial charge in [-0.25, -0.2) is 15.0 Å². The summed E-state index contributed by atoms with van der Waals surface area (Å²) in [6.07, 6.45) is 3.23. The third kappa shape index (κ3) is 1.86. The lowest BCUT2D eigenvalue weighted by atomic mass is 10.3. The van der Waals surface area contributed by atoms with E-state index in [4.69, 9.17) is 5.26 Å². The zero-order chi connectivity index (χ0) is 13.9. The highest BCUT2D eigenvalue weighted by molar-refractivity contribution is 5.82. The van der Waals surface area contributed by atoms with Crippen molar-refractivity contribution in [1.29, 1.82) is 5.26 Å². The fraction of sp³-hybridized carbons (Fsp3) is 0.143. The van der Waals surface area contributed by atoms with Gasteiger partial charge in [0.1, 0.15) is 12.2 Å². The van der Waals surface area contributed by atoms with Crippen LogP contribution in [-0.4, -0.2) is 26.6 Å². The maximum absolute atomic E-state index is 9.05. The van der Waals surface area contributed by atoms with Crippen molar-refractivity contribution in [2.45, 2.75) is 6.54 Å². The number of para-hydroxylation sites is 2. The Labute approximate surface area is 115 Å². The molecule has 0 saturated heterocycles. The average Bonchev–Trinajstić information content (AvgIpc) is 2.86. The van der Waals surface area contributed by atoms with Gasteiger partial charge in [0.25, 0.3) is 0 Å². The van der Waals surface area contributed by atoms with Crippen molar-refractivity contribution in [2.24, 2.45) is 0 Å². The Bertz CT molecular complexity index is 799. The fourth-order valence-corrected chi connectivity index (χ4v) is 2.17. The van der Waals surface area contributed by atoms with Crippen LogP contribution in [0.2, 0.25) is 0 Å². The van der Waals surface area contributed by atoms with Crippen molar-refractivity contribution in [3.63, 3.8) is 0 Å². The molecule has 0 bridgehead atoms. The molecular weight excluding hydrogens is 252 g/mol. The molecule has 0 fully saturated rings. The quantitative estimate of drug-likeness (QED) is 0.783. The van der Waals surface area contributed by atoms with E-state index < -0.39 is 0 Å². The second-order valence-corrected chi connectivity index (χ2v) is 4.17. The van der Waals surface area contributed by atoms with Crippen molar-refractivity contribution in [2.75, 3.05) is 12.4 Å². The van der Waals surface area contributed by atoms with Crippen LogP contribution in [0.1, 0.15) is 0 Å². The van der Waals surface area contributed by atoms with Crippen LogP contribution >= 0.6 is 0 Å². The fourth-order valence-electron chi connectivity index (χ4n) is 2.17. The number of benzene rings is 1. The predicted octanol–water partition coefficient (Wildman–Crippen LogP) is 2.06. The number of hydrogen-bond acceptors (Lipinski definition) is 5. The zero-order valence-electron chi connectivity index (χ0n) is 10.9. The Morgan fingerprint density at radius 2 is 2.05 bits per heavy atom. The molecule has 0 aliphatic heterocycles. The highest BCUT2D eigenvalue weighted by atomic mass is 15.1. The first-order valence-electron chi connectivity index (χ1n) is 6.16. The molecule has 0 spiro atoms. The van der Waals surface area contributed by atoms with Gasteiger partial charge in [-0.1, -0.05) is 12.1 Å². The van der Waals surface area contributed by atoms with Crippen molar-refractivity contribution in [1.82, 2.24) is 19.5 Å². The Morgan fingerprint density at radius 1 is 1.25 bits per heavy atom.